The van der Waals surface area contributed by atoms with Crippen molar-refractivity contribution < 1.29 is 4.74 Å². The van der Waals surface area contributed by atoms with Crippen LogP contribution in [0.25, 0.3) is 22.2 Å². The summed E-state index contributed by atoms with van der Waals surface area (Å²) in [4.78, 5) is 14.7. The molecule has 7 heteroatoms. The topological polar surface area (TPSA) is 66.1 Å². The van der Waals surface area contributed by atoms with Crippen molar-refractivity contribution in [3.05, 3.63) is 35.7 Å². The molecule has 0 aliphatic heterocycles. The highest BCUT2D eigenvalue weighted by atomic mass is 35.5. The number of ether oxygens (including phenoxy) is 1. The number of methoxy groups -OCH3 is 1. The van der Waals surface area contributed by atoms with Crippen LogP contribution in [-0.2, 0) is 0 Å². The van der Waals surface area contributed by atoms with Crippen LogP contribution in [-0.4, -0.2) is 53.1 Å². The summed E-state index contributed by atoms with van der Waals surface area (Å²) in [6.07, 6.45) is 15.7. The first kappa shape index (κ1) is 24.4. The third-order valence-corrected chi connectivity index (χ3v) is 8.45. The lowest BCUT2D eigenvalue weighted by Crippen LogP contribution is -2.33. The number of anilines is 1. The smallest absolute Gasteiger partial charge is 0.138 e. The van der Waals surface area contributed by atoms with Gasteiger partial charge in [-0.15, -0.1) is 0 Å². The average Bonchev–Trinajstić information content (AvgIpc) is 3.28. The number of aromatic amines is 1. The molecule has 3 aromatic heterocycles. The van der Waals surface area contributed by atoms with Crippen LogP contribution < -0.4 is 10.1 Å². The first-order chi connectivity index (χ1) is 17.0. The Morgan fingerprint density at radius 1 is 1.03 bits per heavy atom. The van der Waals surface area contributed by atoms with Crippen LogP contribution in [0.3, 0.4) is 0 Å². The van der Waals surface area contributed by atoms with Crippen LogP contribution in [0.15, 0.2) is 30.6 Å². The van der Waals surface area contributed by atoms with Gasteiger partial charge < -0.3 is 19.9 Å². The van der Waals surface area contributed by atoms with Crippen molar-refractivity contribution in [1.29, 1.82) is 0 Å². The minimum absolute atomic E-state index is 0.458. The second-order valence-corrected chi connectivity index (χ2v) is 11.2. The summed E-state index contributed by atoms with van der Waals surface area (Å²) < 4.78 is 5.37. The van der Waals surface area contributed by atoms with Gasteiger partial charge in [0.15, 0.2) is 0 Å². The maximum Gasteiger partial charge on any atom is 0.138 e. The fraction of sp³-hybridized carbons (Fsp3) is 0.571. The summed E-state index contributed by atoms with van der Waals surface area (Å²) in [7, 11) is 6.11. The maximum atomic E-state index is 6.45. The fourth-order valence-electron chi connectivity index (χ4n) is 6.18. The van der Waals surface area contributed by atoms with Gasteiger partial charge in [0.05, 0.1) is 13.3 Å². The molecule has 35 heavy (non-hydrogen) atoms. The van der Waals surface area contributed by atoms with Gasteiger partial charge in [-0.3, -0.25) is 0 Å². The first-order valence-corrected chi connectivity index (χ1v) is 13.5. The number of fused-ring (bicyclic) bond motifs is 1. The molecule has 0 aromatic carbocycles. The van der Waals surface area contributed by atoms with Crippen LogP contribution in [0, 0.1) is 11.8 Å². The number of aromatic nitrogens is 3. The lowest BCUT2D eigenvalue weighted by Gasteiger charge is -2.36. The standard InChI is InChI=1S/C28H38ClN5O/c1-34(2)22-10-6-19(7-11-22)12-18-4-8-21(9-5-18)32-27-14-20(13-26(29)33-27)25-17-31-28-24(25)15-23(35-3)16-30-28/h13-19,21-22H,4-12H2,1-3H3,(H,30,31)(H,32,33). The highest BCUT2D eigenvalue weighted by molar-refractivity contribution is 6.29. The van der Waals surface area contributed by atoms with E-state index < -0.39 is 0 Å². The normalized spacial score (nSPS) is 25.2. The molecule has 0 radical (unpaired) electrons. The molecule has 3 aromatic rings. The number of hydrogen-bond donors (Lipinski definition) is 2. The van der Waals surface area contributed by atoms with E-state index in [2.05, 4.69) is 45.3 Å². The summed E-state index contributed by atoms with van der Waals surface area (Å²) in [5.74, 6) is 3.40. The largest absolute Gasteiger partial charge is 0.495 e. The zero-order valence-electron chi connectivity index (χ0n) is 21.2. The molecular formula is C28H38ClN5O. The van der Waals surface area contributed by atoms with Crippen molar-refractivity contribution in [2.45, 2.75) is 69.9 Å². The molecule has 188 valence electrons. The van der Waals surface area contributed by atoms with E-state index in [0.29, 0.717) is 11.2 Å². The number of nitrogens with zero attached hydrogens (tertiary/aromatic N) is 3. The molecule has 0 bridgehead atoms. The molecule has 2 aliphatic carbocycles. The van der Waals surface area contributed by atoms with Gasteiger partial charge in [-0.2, -0.15) is 0 Å². The van der Waals surface area contributed by atoms with Crippen molar-refractivity contribution >= 4 is 28.5 Å². The molecule has 0 spiro atoms. The van der Waals surface area contributed by atoms with Gasteiger partial charge in [0.2, 0.25) is 0 Å². The molecule has 2 saturated carbocycles. The number of H-pyrrole nitrogens is 1. The van der Waals surface area contributed by atoms with Gasteiger partial charge >= 0.3 is 0 Å². The quantitative estimate of drug-likeness (QED) is 0.354. The van der Waals surface area contributed by atoms with E-state index in [4.69, 9.17) is 16.3 Å². The van der Waals surface area contributed by atoms with Crippen LogP contribution in [0.5, 0.6) is 5.75 Å². The molecule has 2 aliphatic rings. The predicted octanol–water partition coefficient (Wildman–Crippen LogP) is 6.77. The SMILES string of the molecule is COc1cnc2[nH]cc(-c3cc(Cl)nc(NC4CCC(CC5CCC(N(C)C)CC5)CC4)c3)c2c1. The van der Waals surface area contributed by atoms with Crippen molar-refractivity contribution in [2.24, 2.45) is 11.8 Å². The van der Waals surface area contributed by atoms with Crippen LogP contribution >= 0.6 is 11.6 Å². The van der Waals surface area contributed by atoms with Crippen LogP contribution in [0.4, 0.5) is 5.82 Å². The third-order valence-electron chi connectivity index (χ3n) is 8.26. The summed E-state index contributed by atoms with van der Waals surface area (Å²) in [5, 5.41) is 5.19. The van der Waals surface area contributed by atoms with Crippen LogP contribution in [0.1, 0.15) is 57.8 Å². The minimum Gasteiger partial charge on any atom is -0.495 e. The number of halogens is 1. The van der Waals surface area contributed by atoms with Gasteiger partial charge in [-0.1, -0.05) is 11.6 Å². The van der Waals surface area contributed by atoms with Gasteiger partial charge in [0, 0.05) is 29.2 Å². The Balaban J connectivity index is 1.19. The second-order valence-electron chi connectivity index (χ2n) is 10.8. The third kappa shape index (κ3) is 5.75. The van der Waals surface area contributed by atoms with Crippen LogP contribution in [0.2, 0.25) is 5.15 Å². The maximum absolute atomic E-state index is 6.45. The molecule has 2 N–H and O–H groups in total. The predicted molar refractivity (Wildman–Crippen MR) is 144 cm³/mol. The Bertz CT molecular complexity index is 1130. The van der Waals surface area contributed by atoms with Crippen molar-refractivity contribution in [3.8, 4) is 16.9 Å². The summed E-state index contributed by atoms with van der Waals surface area (Å²) in [5.41, 5.74) is 2.90. The fourth-order valence-corrected chi connectivity index (χ4v) is 6.39. The summed E-state index contributed by atoms with van der Waals surface area (Å²) >= 11 is 6.45. The Kier molecular flexibility index (Phi) is 7.49. The Hall–Kier alpha value is -2.31. The van der Waals surface area contributed by atoms with E-state index in [9.17, 15) is 0 Å². The Labute approximate surface area is 213 Å². The van der Waals surface area contributed by atoms with Crippen molar-refractivity contribution in [1.82, 2.24) is 19.9 Å². The highest BCUT2D eigenvalue weighted by Gasteiger charge is 2.27. The number of nitrogens with one attached hydrogen (secondary N) is 2. The number of rotatable bonds is 7. The summed E-state index contributed by atoms with van der Waals surface area (Å²) in [6.45, 7) is 0. The number of pyridine rings is 2. The Morgan fingerprint density at radius 2 is 1.74 bits per heavy atom. The monoisotopic (exact) mass is 495 g/mol. The van der Waals surface area contributed by atoms with Gasteiger partial charge in [-0.25, -0.2) is 9.97 Å². The van der Waals surface area contributed by atoms with Gasteiger partial charge in [0.1, 0.15) is 22.4 Å². The van der Waals surface area contributed by atoms with E-state index in [1.54, 1.807) is 13.3 Å². The molecule has 3 heterocycles. The lowest BCUT2D eigenvalue weighted by molar-refractivity contribution is 0.167. The summed E-state index contributed by atoms with van der Waals surface area (Å²) in [6, 6.07) is 7.27. The molecule has 0 atom stereocenters. The zero-order chi connectivity index (χ0) is 24.4. The molecule has 0 amide bonds. The van der Waals surface area contributed by atoms with E-state index in [1.807, 2.05) is 18.3 Å². The second kappa shape index (κ2) is 10.8. The van der Waals surface area contributed by atoms with Crippen molar-refractivity contribution in [2.75, 3.05) is 26.5 Å². The van der Waals surface area contributed by atoms with E-state index in [1.165, 1.54) is 57.8 Å². The molecule has 2 fully saturated rings. The zero-order valence-corrected chi connectivity index (χ0v) is 21.9. The number of hydrogen-bond acceptors (Lipinski definition) is 5. The molecule has 0 unspecified atom stereocenters. The Morgan fingerprint density at radius 3 is 2.43 bits per heavy atom. The van der Waals surface area contributed by atoms with E-state index in [0.717, 1.165) is 51.6 Å². The highest BCUT2D eigenvalue weighted by Crippen LogP contribution is 2.37. The van der Waals surface area contributed by atoms with Crippen molar-refractivity contribution in [3.63, 3.8) is 0 Å². The minimum atomic E-state index is 0.458. The lowest BCUT2D eigenvalue weighted by atomic mass is 9.75. The molecule has 6 nitrogen and oxygen atoms in total. The molecular weight excluding hydrogens is 458 g/mol. The van der Waals surface area contributed by atoms with E-state index in [-0.39, 0.29) is 0 Å². The first-order valence-electron chi connectivity index (χ1n) is 13.1. The van der Waals surface area contributed by atoms with Gasteiger partial charge in [0.25, 0.3) is 0 Å². The molecule has 0 saturated heterocycles. The molecule has 5 rings (SSSR count). The van der Waals surface area contributed by atoms with Gasteiger partial charge in [-0.05, 0) is 107 Å². The average molecular weight is 496 g/mol. The van der Waals surface area contributed by atoms with E-state index >= 15 is 0 Å².